The van der Waals surface area contributed by atoms with Crippen LogP contribution in [0.3, 0.4) is 0 Å². The summed E-state index contributed by atoms with van der Waals surface area (Å²) in [6.07, 6.45) is 1.70. The third-order valence-corrected chi connectivity index (χ3v) is 8.11. The van der Waals surface area contributed by atoms with Crippen LogP contribution in [0.1, 0.15) is 76.4 Å². The van der Waals surface area contributed by atoms with E-state index < -0.39 is 5.97 Å². The van der Waals surface area contributed by atoms with Gasteiger partial charge in [-0.1, -0.05) is 13.8 Å². The van der Waals surface area contributed by atoms with Crippen molar-refractivity contribution in [2.75, 3.05) is 57.7 Å². The molecule has 3 N–H and O–H groups in total. The van der Waals surface area contributed by atoms with Crippen LogP contribution in [0.4, 0.5) is 11.4 Å². The van der Waals surface area contributed by atoms with E-state index in [-0.39, 0.29) is 42.3 Å². The number of Topliss-reactive ketones (excluding diaryl/α,β-unsaturated/α-hetero) is 1. The predicted molar refractivity (Wildman–Crippen MR) is 160 cm³/mol. The first-order chi connectivity index (χ1) is 19.4. The van der Waals surface area contributed by atoms with E-state index in [0.29, 0.717) is 36.3 Å². The van der Waals surface area contributed by atoms with Crippen molar-refractivity contribution in [3.05, 3.63) is 52.1 Å². The number of hydrogen-bond acceptors (Lipinski definition) is 7. The molecule has 0 bridgehead atoms. The fraction of sp³-hybridized carbons (Fsp3) is 0.484. The van der Waals surface area contributed by atoms with Gasteiger partial charge in [-0.3, -0.25) is 19.8 Å². The molecule has 1 fully saturated rings. The molecule has 4 rings (SSSR count). The lowest BCUT2D eigenvalue weighted by molar-refractivity contribution is -0.138. The number of rotatable bonds is 10. The number of amides is 1. The van der Waals surface area contributed by atoms with Crippen LogP contribution in [-0.4, -0.2) is 81.4 Å². The Kier molecular flexibility index (Phi) is 8.89. The monoisotopic (exact) mass is 563 g/mol. The summed E-state index contributed by atoms with van der Waals surface area (Å²) in [6.45, 7) is 5.95. The van der Waals surface area contributed by atoms with Crippen molar-refractivity contribution in [1.29, 1.82) is 5.41 Å². The van der Waals surface area contributed by atoms with E-state index in [1.165, 1.54) is 0 Å². The Bertz CT molecular complexity index is 1360. The highest BCUT2D eigenvalue weighted by molar-refractivity contribution is 6.08. The van der Waals surface area contributed by atoms with Gasteiger partial charge in [0.15, 0.2) is 5.78 Å². The number of benzene rings is 2. The van der Waals surface area contributed by atoms with Gasteiger partial charge in [0.2, 0.25) is 0 Å². The zero-order valence-corrected chi connectivity index (χ0v) is 24.8. The molecule has 2 aliphatic heterocycles. The second kappa shape index (κ2) is 12.2. The SMILES string of the molecule is CNC(=O)c1cc2c(cc1N(C)C)CN(CC(=O)c1cc(C(C)C)c(OC)c(N3CCC(CC(=O)O)CC3)c1)C2=N. The van der Waals surface area contributed by atoms with Crippen LogP contribution in [0.25, 0.3) is 0 Å². The fourth-order valence-corrected chi connectivity index (χ4v) is 5.83. The number of nitrogens with one attached hydrogen (secondary N) is 2. The number of nitrogens with zero attached hydrogens (tertiary/aromatic N) is 3. The number of ketones is 1. The lowest BCUT2D eigenvalue weighted by atomic mass is 9.91. The molecule has 0 aliphatic carbocycles. The van der Waals surface area contributed by atoms with Crippen LogP contribution in [0.15, 0.2) is 24.3 Å². The van der Waals surface area contributed by atoms with E-state index in [2.05, 4.69) is 24.1 Å². The molecule has 0 saturated carbocycles. The molecule has 1 saturated heterocycles. The van der Waals surface area contributed by atoms with Crippen molar-refractivity contribution in [1.82, 2.24) is 10.2 Å². The van der Waals surface area contributed by atoms with Gasteiger partial charge in [0, 0.05) is 64.0 Å². The van der Waals surface area contributed by atoms with Gasteiger partial charge in [0.05, 0.1) is 24.9 Å². The van der Waals surface area contributed by atoms with Crippen LogP contribution < -0.4 is 19.9 Å². The molecule has 10 heteroatoms. The number of carboxylic acids is 1. The lowest BCUT2D eigenvalue weighted by Crippen LogP contribution is -2.35. The fourth-order valence-electron chi connectivity index (χ4n) is 5.83. The van der Waals surface area contributed by atoms with E-state index in [1.54, 1.807) is 25.1 Å². The summed E-state index contributed by atoms with van der Waals surface area (Å²) < 4.78 is 5.85. The summed E-state index contributed by atoms with van der Waals surface area (Å²) in [7, 11) is 6.97. The Hall–Kier alpha value is -4.08. The Morgan fingerprint density at radius 1 is 1.15 bits per heavy atom. The highest BCUT2D eigenvalue weighted by atomic mass is 16.5. The summed E-state index contributed by atoms with van der Waals surface area (Å²) >= 11 is 0. The molecule has 2 heterocycles. The van der Waals surface area contributed by atoms with Crippen LogP contribution in [0.2, 0.25) is 0 Å². The zero-order chi connectivity index (χ0) is 30.0. The number of methoxy groups -OCH3 is 1. The van der Waals surface area contributed by atoms with Gasteiger partial charge in [0.1, 0.15) is 11.6 Å². The molecule has 0 aromatic heterocycles. The number of aliphatic carboxylic acids is 1. The number of hydrogen-bond donors (Lipinski definition) is 3. The van der Waals surface area contributed by atoms with Crippen LogP contribution >= 0.6 is 0 Å². The van der Waals surface area contributed by atoms with Gasteiger partial charge in [0.25, 0.3) is 5.91 Å². The van der Waals surface area contributed by atoms with Gasteiger partial charge in [-0.15, -0.1) is 0 Å². The number of fused-ring (bicyclic) bond motifs is 1. The number of amidine groups is 1. The molecule has 0 unspecified atom stereocenters. The van der Waals surface area contributed by atoms with Gasteiger partial charge in [-0.05, 0) is 60.1 Å². The van der Waals surface area contributed by atoms with E-state index in [0.717, 1.165) is 41.1 Å². The van der Waals surface area contributed by atoms with Gasteiger partial charge in [-0.2, -0.15) is 0 Å². The Balaban J connectivity index is 1.60. The number of piperidine rings is 1. The minimum atomic E-state index is -0.770. The minimum Gasteiger partial charge on any atom is -0.494 e. The Morgan fingerprint density at radius 3 is 2.39 bits per heavy atom. The number of carbonyl (C=O) groups excluding carboxylic acids is 2. The van der Waals surface area contributed by atoms with Gasteiger partial charge in [-0.25, -0.2) is 0 Å². The summed E-state index contributed by atoms with van der Waals surface area (Å²) in [5.41, 5.74) is 5.15. The number of carboxylic acid groups (broad SMARTS) is 1. The molecule has 0 spiro atoms. The molecule has 41 heavy (non-hydrogen) atoms. The van der Waals surface area contributed by atoms with E-state index in [4.69, 9.17) is 10.1 Å². The highest BCUT2D eigenvalue weighted by Gasteiger charge is 2.31. The number of ether oxygens (including phenoxy) is 1. The van der Waals surface area contributed by atoms with Crippen molar-refractivity contribution in [2.45, 2.75) is 45.6 Å². The highest BCUT2D eigenvalue weighted by Crippen LogP contribution is 2.40. The first-order valence-corrected chi connectivity index (χ1v) is 14.1. The standard InChI is InChI=1S/C31H41N5O5/c1-18(2)22-12-20(13-26(29(22)41-6)35-9-7-19(8-10-35)11-28(38)39)27(37)17-36-16-21-14-25(34(4)5)24(31(40)33-3)15-23(21)30(36)32/h12-15,18-19,32H,7-11,16-17H2,1-6H3,(H,33,40)(H,38,39). The summed E-state index contributed by atoms with van der Waals surface area (Å²) in [4.78, 5) is 43.3. The largest absolute Gasteiger partial charge is 0.494 e. The third-order valence-electron chi connectivity index (χ3n) is 8.11. The topological polar surface area (TPSA) is 126 Å². The molecule has 220 valence electrons. The van der Waals surface area contributed by atoms with Crippen molar-refractivity contribution in [3.8, 4) is 5.75 Å². The molecule has 0 atom stereocenters. The van der Waals surface area contributed by atoms with Gasteiger partial charge >= 0.3 is 5.97 Å². The average Bonchev–Trinajstić information content (AvgIpc) is 3.24. The molecule has 2 aliphatic rings. The molecule has 1 amide bonds. The normalized spacial score (nSPS) is 15.2. The molecule has 2 aromatic carbocycles. The second-order valence-electron chi connectivity index (χ2n) is 11.4. The summed E-state index contributed by atoms with van der Waals surface area (Å²) in [6, 6.07) is 7.44. The molecular weight excluding hydrogens is 522 g/mol. The van der Waals surface area contributed by atoms with Crippen molar-refractivity contribution < 1.29 is 24.2 Å². The first kappa shape index (κ1) is 29.9. The minimum absolute atomic E-state index is 0.0319. The van der Waals surface area contributed by atoms with Crippen molar-refractivity contribution in [2.24, 2.45) is 5.92 Å². The maximum absolute atomic E-state index is 13.7. The third kappa shape index (κ3) is 6.16. The second-order valence-corrected chi connectivity index (χ2v) is 11.4. The van der Waals surface area contributed by atoms with E-state index in [1.807, 2.05) is 37.2 Å². The zero-order valence-electron chi connectivity index (χ0n) is 24.8. The first-order valence-electron chi connectivity index (χ1n) is 14.1. The van der Waals surface area contributed by atoms with Crippen molar-refractivity contribution >= 4 is 34.9 Å². The number of carbonyl (C=O) groups is 3. The Morgan fingerprint density at radius 2 is 1.83 bits per heavy atom. The average molecular weight is 564 g/mol. The molecular formula is C31H41N5O5. The van der Waals surface area contributed by atoms with Gasteiger partial charge < -0.3 is 29.9 Å². The quantitative estimate of drug-likeness (QED) is 0.371. The molecule has 2 aromatic rings. The Labute approximate surface area is 241 Å². The summed E-state index contributed by atoms with van der Waals surface area (Å²) in [5, 5.41) is 20.7. The summed E-state index contributed by atoms with van der Waals surface area (Å²) in [5.74, 6) is 0.126. The smallest absolute Gasteiger partial charge is 0.303 e. The van der Waals surface area contributed by atoms with Crippen LogP contribution in [0, 0.1) is 11.3 Å². The maximum atomic E-state index is 13.7. The van der Waals surface area contributed by atoms with Crippen LogP contribution in [0.5, 0.6) is 5.75 Å². The molecule has 10 nitrogen and oxygen atoms in total. The van der Waals surface area contributed by atoms with E-state index in [9.17, 15) is 19.5 Å². The molecule has 0 radical (unpaired) electrons. The van der Waals surface area contributed by atoms with E-state index >= 15 is 0 Å². The maximum Gasteiger partial charge on any atom is 0.303 e. The van der Waals surface area contributed by atoms with Crippen molar-refractivity contribution in [3.63, 3.8) is 0 Å². The number of anilines is 2. The predicted octanol–water partition coefficient (Wildman–Crippen LogP) is 3.96. The lowest BCUT2D eigenvalue weighted by Gasteiger charge is -2.35. The van der Waals surface area contributed by atoms with Crippen LogP contribution in [-0.2, 0) is 11.3 Å².